The third kappa shape index (κ3) is 3.47. The number of nitrogen functional groups attached to an aromatic ring is 1. The Bertz CT molecular complexity index is 582. The van der Waals surface area contributed by atoms with Crippen molar-refractivity contribution in [2.45, 2.75) is 25.4 Å². The summed E-state index contributed by atoms with van der Waals surface area (Å²) in [5.74, 6) is -0.834. The van der Waals surface area contributed by atoms with Crippen molar-refractivity contribution in [2.24, 2.45) is 0 Å². The fourth-order valence-electron chi connectivity index (χ4n) is 2.08. The van der Waals surface area contributed by atoms with Gasteiger partial charge in [0.25, 0.3) is 0 Å². The van der Waals surface area contributed by atoms with Crippen LogP contribution in [0.5, 0.6) is 0 Å². The van der Waals surface area contributed by atoms with Gasteiger partial charge >= 0.3 is 5.97 Å². The van der Waals surface area contributed by atoms with E-state index in [9.17, 15) is 13.2 Å². The summed E-state index contributed by atoms with van der Waals surface area (Å²) in [6.07, 6.45) is -0.126. The van der Waals surface area contributed by atoms with E-state index in [1.165, 1.54) is 0 Å². The SMILES string of the molecule is CC(C(=O)OC1CCS(=O)(=O)C1)c1cccc(N)c1. The Kier molecular flexibility index (Phi) is 3.80. The van der Waals surface area contributed by atoms with Gasteiger partial charge in [0.05, 0.1) is 17.4 Å². The Labute approximate surface area is 112 Å². The zero-order valence-corrected chi connectivity index (χ0v) is 11.5. The molecule has 5 nitrogen and oxygen atoms in total. The van der Waals surface area contributed by atoms with Gasteiger partial charge in [0.2, 0.25) is 0 Å². The van der Waals surface area contributed by atoms with Crippen molar-refractivity contribution in [3.63, 3.8) is 0 Å². The number of hydrogen-bond acceptors (Lipinski definition) is 5. The average molecular weight is 283 g/mol. The van der Waals surface area contributed by atoms with Crippen LogP contribution in [0.3, 0.4) is 0 Å². The number of carbonyl (C=O) groups is 1. The summed E-state index contributed by atoms with van der Waals surface area (Å²) < 4.78 is 27.8. The lowest BCUT2D eigenvalue weighted by Crippen LogP contribution is -2.23. The molecule has 1 aliphatic rings. The van der Waals surface area contributed by atoms with Crippen molar-refractivity contribution in [1.29, 1.82) is 0 Å². The van der Waals surface area contributed by atoms with E-state index in [1.807, 2.05) is 0 Å². The van der Waals surface area contributed by atoms with Crippen LogP contribution >= 0.6 is 0 Å². The van der Waals surface area contributed by atoms with Gasteiger partial charge in [-0.05, 0) is 31.0 Å². The second-order valence-corrected chi connectivity index (χ2v) is 7.08. The van der Waals surface area contributed by atoms with Crippen molar-refractivity contribution in [2.75, 3.05) is 17.2 Å². The van der Waals surface area contributed by atoms with E-state index in [-0.39, 0.29) is 11.5 Å². The van der Waals surface area contributed by atoms with Gasteiger partial charge in [0.15, 0.2) is 9.84 Å². The molecule has 104 valence electrons. The smallest absolute Gasteiger partial charge is 0.313 e. The predicted octanol–water partition coefficient (Wildman–Crippen LogP) is 1.10. The minimum Gasteiger partial charge on any atom is -0.461 e. The molecule has 0 aliphatic carbocycles. The molecular formula is C13H17NO4S. The minimum absolute atomic E-state index is 0.0671. The predicted molar refractivity (Wildman–Crippen MR) is 72.4 cm³/mol. The maximum atomic E-state index is 12.0. The molecule has 0 saturated carbocycles. The van der Waals surface area contributed by atoms with Gasteiger partial charge in [0, 0.05) is 5.69 Å². The van der Waals surface area contributed by atoms with Crippen molar-refractivity contribution >= 4 is 21.5 Å². The van der Waals surface area contributed by atoms with Crippen LogP contribution in [0.4, 0.5) is 5.69 Å². The highest BCUT2D eigenvalue weighted by Crippen LogP contribution is 2.22. The molecule has 1 aliphatic heterocycles. The monoisotopic (exact) mass is 283 g/mol. The first-order valence-corrected chi connectivity index (χ1v) is 7.96. The van der Waals surface area contributed by atoms with Crippen molar-refractivity contribution in [3.05, 3.63) is 29.8 Å². The molecule has 1 heterocycles. The maximum Gasteiger partial charge on any atom is 0.313 e. The van der Waals surface area contributed by atoms with Crippen LogP contribution < -0.4 is 5.73 Å². The number of anilines is 1. The van der Waals surface area contributed by atoms with Crippen LogP contribution in [0.25, 0.3) is 0 Å². The molecule has 2 unspecified atom stereocenters. The first-order valence-electron chi connectivity index (χ1n) is 6.14. The molecule has 6 heteroatoms. The van der Waals surface area contributed by atoms with Gasteiger partial charge in [-0.2, -0.15) is 0 Å². The molecule has 0 spiro atoms. The molecule has 0 aromatic heterocycles. The van der Waals surface area contributed by atoms with Crippen LogP contribution in [0, 0.1) is 0 Å². The number of esters is 1. The van der Waals surface area contributed by atoms with E-state index in [4.69, 9.17) is 10.5 Å². The van der Waals surface area contributed by atoms with Gasteiger partial charge in [0.1, 0.15) is 6.10 Å². The number of nitrogens with two attached hydrogens (primary N) is 1. The lowest BCUT2D eigenvalue weighted by atomic mass is 10.0. The normalized spacial score (nSPS) is 22.9. The molecule has 0 bridgehead atoms. The van der Waals surface area contributed by atoms with E-state index in [0.29, 0.717) is 12.1 Å². The number of ether oxygens (including phenoxy) is 1. The lowest BCUT2D eigenvalue weighted by molar-refractivity contribution is -0.149. The van der Waals surface area contributed by atoms with E-state index in [1.54, 1.807) is 31.2 Å². The second-order valence-electron chi connectivity index (χ2n) is 4.85. The van der Waals surface area contributed by atoms with Crippen molar-refractivity contribution in [1.82, 2.24) is 0 Å². The summed E-state index contributed by atoms with van der Waals surface area (Å²) in [6, 6.07) is 7.03. The Morgan fingerprint density at radius 3 is 2.79 bits per heavy atom. The Hall–Kier alpha value is -1.56. The van der Waals surface area contributed by atoms with Gasteiger partial charge in [-0.3, -0.25) is 4.79 Å². The summed E-state index contributed by atoms with van der Waals surface area (Å²) in [6.45, 7) is 1.72. The summed E-state index contributed by atoms with van der Waals surface area (Å²) >= 11 is 0. The van der Waals surface area contributed by atoms with E-state index in [0.717, 1.165) is 5.56 Å². The van der Waals surface area contributed by atoms with Crippen molar-refractivity contribution in [3.8, 4) is 0 Å². The molecule has 0 amide bonds. The number of rotatable bonds is 3. The number of sulfone groups is 1. The fraction of sp³-hybridized carbons (Fsp3) is 0.462. The first kappa shape index (κ1) is 13.9. The first-order chi connectivity index (χ1) is 8.87. The molecular weight excluding hydrogens is 266 g/mol. The molecule has 0 radical (unpaired) electrons. The standard InChI is InChI=1S/C13H17NO4S/c1-9(10-3-2-4-11(14)7-10)13(15)18-12-5-6-19(16,17)8-12/h2-4,7,9,12H,5-6,8,14H2,1H3. The van der Waals surface area contributed by atoms with E-state index >= 15 is 0 Å². The summed E-state index contributed by atoms with van der Waals surface area (Å²) in [5, 5.41) is 0. The third-order valence-corrected chi connectivity index (χ3v) is 4.98. The van der Waals surface area contributed by atoms with Gasteiger partial charge in [-0.15, -0.1) is 0 Å². The highest BCUT2D eigenvalue weighted by atomic mass is 32.2. The van der Waals surface area contributed by atoms with Gasteiger partial charge < -0.3 is 10.5 Å². The van der Waals surface area contributed by atoms with Crippen LogP contribution in [0.15, 0.2) is 24.3 Å². The van der Waals surface area contributed by atoms with Gasteiger partial charge in [-0.1, -0.05) is 12.1 Å². The topological polar surface area (TPSA) is 86.5 Å². The van der Waals surface area contributed by atoms with Crippen LogP contribution in [0.2, 0.25) is 0 Å². The Balaban J connectivity index is 2.00. The zero-order chi connectivity index (χ0) is 14.0. The van der Waals surface area contributed by atoms with Crippen molar-refractivity contribution < 1.29 is 17.9 Å². The molecule has 2 N–H and O–H groups in total. The highest BCUT2D eigenvalue weighted by Gasteiger charge is 2.32. The molecule has 1 fully saturated rings. The van der Waals surface area contributed by atoms with E-state index < -0.39 is 27.8 Å². The molecule has 2 atom stereocenters. The number of hydrogen-bond donors (Lipinski definition) is 1. The summed E-state index contributed by atoms with van der Waals surface area (Å²) in [4.78, 5) is 12.0. The molecule has 1 aromatic rings. The van der Waals surface area contributed by atoms with E-state index in [2.05, 4.69) is 0 Å². The second kappa shape index (κ2) is 5.21. The fourth-order valence-corrected chi connectivity index (χ4v) is 3.67. The largest absolute Gasteiger partial charge is 0.461 e. The Morgan fingerprint density at radius 2 is 2.21 bits per heavy atom. The number of carbonyl (C=O) groups excluding carboxylic acids is 1. The minimum atomic E-state index is -3.04. The maximum absolute atomic E-state index is 12.0. The average Bonchev–Trinajstić information content (AvgIpc) is 2.67. The summed E-state index contributed by atoms with van der Waals surface area (Å²) in [7, 11) is -3.04. The molecule has 1 saturated heterocycles. The van der Waals surface area contributed by atoms with Crippen LogP contribution in [-0.2, 0) is 19.4 Å². The van der Waals surface area contributed by atoms with Gasteiger partial charge in [-0.25, -0.2) is 8.42 Å². The molecule has 2 rings (SSSR count). The zero-order valence-electron chi connectivity index (χ0n) is 10.7. The number of benzene rings is 1. The summed E-state index contributed by atoms with van der Waals surface area (Å²) in [5.41, 5.74) is 7.02. The van der Waals surface area contributed by atoms with Crippen LogP contribution in [0.1, 0.15) is 24.8 Å². The third-order valence-electron chi connectivity index (χ3n) is 3.24. The molecule has 19 heavy (non-hydrogen) atoms. The van der Waals surface area contributed by atoms with Crippen LogP contribution in [-0.4, -0.2) is 32.0 Å². The Morgan fingerprint density at radius 1 is 1.47 bits per heavy atom. The lowest BCUT2D eigenvalue weighted by Gasteiger charge is -2.15. The highest BCUT2D eigenvalue weighted by molar-refractivity contribution is 7.91. The molecule has 1 aromatic carbocycles. The quantitative estimate of drug-likeness (QED) is 0.663.